The minimum atomic E-state index is 0.886. The lowest BCUT2D eigenvalue weighted by atomic mass is 10.3. The highest BCUT2D eigenvalue weighted by Gasteiger charge is 2.03. The van der Waals surface area contributed by atoms with Gasteiger partial charge in [0, 0.05) is 0 Å². The molecule has 0 atom stereocenters. The SMILES string of the molecule is COC=C(C)n1nnc2ccccc21. The predicted molar refractivity (Wildman–Crippen MR) is 54.5 cm³/mol. The number of rotatable bonds is 2. The van der Waals surface area contributed by atoms with Gasteiger partial charge in [0.15, 0.2) is 0 Å². The Bertz CT molecular complexity index is 473. The van der Waals surface area contributed by atoms with Crippen LogP contribution in [0.4, 0.5) is 0 Å². The summed E-state index contributed by atoms with van der Waals surface area (Å²) < 4.78 is 6.67. The van der Waals surface area contributed by atoms with E-state index in [0.717, 1.165) is 16.7 Å². The molecule has 0 bridgehead atoms. The molecule has 1 heterocycles. The Morgan fingerprint density at radius 2 is 2.21 bits per heavy atom. The lowest BCUT2D eigenvalue weighted by molar-refractivity contribution is 0.337. The molecule has 0 saturated heterocycles. The Hall–Kier alpha value is -1.84. The van der Waals surface area contributed by atoms with E-state index in [1.165, 1.54) is 0 Å². The van der Waals surface area contributed by atoms with E-state index in [-0.39, 0.29) is 0 Å². The molecule has 0 N–H and O–H groups in total. The molecule has 4 nitrogen and oxygen atoms in total. The van der Waals surface area contributed by atoms with Gasteiger partial charge in [-0.25, -0.2) is 4.68 Å². The van der Waals surface area contributed by atoms with Gasteiger partial charge < -0.3 is 4.74 Å². The van der Waals surface area contributed by atoms with E-state index >= 15 is 0 Å². The predicted octanol–water partition coefficient (Wildman–Crippen LogP) is 1.90. The van der Waals surface area contributed by atoms with Crippen molar-refractivity contribution in [1.82, 2.24) is 15.0 Å². The van der Waals surface area contributed by atoms with E-state index in [1.54, 1.807) is 18.1 Å². The van der Waals surface area contributed by atoms with Crippen molar-refractivity contribution in [3.05, 3.63) is 30.5 Å². The van der Waals surface area contributed by atoms with Crippen molar-refractivity contribution in [1.29, 1.82) is 0 Å². The van der Waals surface area contributed by atoms with Gasteiger partial charge in [-0.15, -0.1) is 5.10 Å². The van der Waals surface area contributed by atoms with Crippen LogP contribution in [0.2, 0.25) is 0 Å². The molecule has 0 spiro atoms. The van der Waals surface area contributed by atoms with Crippen LogP contribution in [-0.4, -0.2) is 22.1 Å². The summed E-state index contributed by atoms with van der Waals surface area (Å²) in [6.07, 6.45) is 1.64. The first kappa shape index (κ1) is 8.74. The quantitative estimate of drug-likeness (QED) is 0.677. The number of fused-ring (bicyclic) bond motifs is 1. The van der Waals surface area contributed by atoms with Gasteiger partial charge in [0.1, 0.15) is 11.8 Å². The molecule has 0 saturated carbocycles. The average Bonchev–Trinajstić information content (AvgIpc) is 2.61. The normalized spacial score (nSPS) is 12.0. The summed E-state index contributed by atoms with van der Waals surface area (Å²) in [5.74, 6) is 0. The number of aromatic nitrogens is 3. The first-order valence-corrected chi connectivity index (χ1v) is 4.33. The zero-order valence-electron chi connectivity index (χ0n) is 8.14. The fourth-order valence-electron chi connectivity index (χ4n) is 1.35. The number of methoxy groups -OCH3 is 1. The molecule has 0 amide bonds. The van der Waals surface area contributed by atoms with Gasteiger partial charge in [0.25, 0.3) is 0 Å². The van der Waals surface area contributed by atoms with Gasteiger partial charge in [0.2, 0.25) is 0 Å². The Kier molecular flexibility index (Phi) is 2.18. The van der Waals surface area contributed by atoms with Crippen LogP contribution < -0.4 is 0 Å². The molecule has 14 heavy (non-hydrogen) atoms. The molecule has 72 valence electrons. The van der Waals surface area contributed by atoms with E-state index in [2.05, 4.69) is 10.3 Å². The molecule has 2 rings (SSSR count). The van der Waals surface area contributed by atoms with Crippen LogP contribution in [0.5, 0.6) is 0 Å². The third kappa shape index (κ3) is 1.35. The molecule has 2 aromatic rings. The van der Waals surface area contributed by atoms with Gasteiger partial charge >= 0.3 is 0 Å². The van der Waals surface area contributed by atoms with E-state index in [4.69, 9.17) is 4.74 Å². The number of para-hydroxylation sites is 1. The summed E-state index contributed by atoms with van der Waals surface area (Å²) in [5.41, 5.74) is 2.77. The molecule has 0 aliphatic carbocycles. The maximum atomic E-state index is 4.93. The van der Waals surface area contributed by atoms with Crippen molar-refractivity contribution in [2.45, 2.75) is 6.92 Å². The summed E-state index contributed by atoms with van der Waals surface area (Å²) in [6.45, 7) is 1.92. The monoisotopic (exact) mass is 189 g/mol. The van der Waals surface area contributed by atoms with Crippen LogP contribution in [0.3, 0.4) is 0 Å². The smallest absolute Gasteiger partial charge is 0.113 e. The van der Waals surface area contributed by atoms with E-state index in [0.29, 0.717) is 0 Å². The minimum absolute atomic E-state index is 0.886. The highest BCUT2D eigenvalue weighted by atomic mass is 16.5. The topological polar surface area (TPSA) is 39.9 Å². The van der Waals surface area contributed by atoms with Crippen molar-refractivity contribution in [2.24, 2.45) is 0 Å². The second-order valence-corrected chi connectivity index (χ2v) is 2.98. The molecule has 0 aliphatic rings. The molecule has 1 aromatic heterocycles. The summed E-state index contributed by atoms with van der Waals surface area (Å²) >= 11 is 0. The van der Waals surface area contributed by atoms with E-state index in [1.807, 2.05) is 31.2 Å². The third-order valence-corrected chi connectivity index (χ3v) is 1.97. The average molecular weight is 189 g/mol. The lowest BCUT2D eigenvalue weighted by Crippen LogP contribution is -1.96. The number of ether oxygens (including phenoxy) is 1. The highest BCUT2D eigenvalue weighted by molar-refractivity contribution is 5.77. The number of nitrogens with zero attached hydrogens (tertiary/aromatic N) is 3. The van der Waals surface area contributed by atoms with Gasteiger partial charge in [-0.1, -0.05) is 17.3 Å². The number of hydrogen-bond donors (Lipinski definition) is 0. The largest absolute Gasteiger partial charge is 0.502 e. The van der Waals surface area contributed by atoms with Gasteiger partial charge in [-0.2, -0.15) is 0 Å². The van der Waals surface area contributed by atoms with Crippen LogP contribution in [0, 0.1) is 0 Å². The third-order valence-electron chi connectivity index (χ3n) is 1.97. The lowest BCUT2D eigenvalue weighted by Gasteiger charge is -2.00. The Balaban J connectivity index is 2.58. The molecule has 0 fully saturated rings. The van der Waals surface area contributed by atoms with Crippen LogP contribution in [0.1, 0.15) is 6.92 Å². The summed E-state index contributed by atoms with van der Waals surface area (Å²) in [6, 6.07) is 7.81. The molecule has 0 unspecified atom stereocenters. The molecule has 0 aliphatic heterocycles. The zero-order chi connectivity index (χ0) is 9.97. The molecule has 4 heteroatoms. The standard InChI is InChI=1S/C10H11N3O/c1-8(7-14-2)13-10-6-4-3-5-9(10)11-12-13/h3-7H,1-2H3. The second-order valence-electron chi connectivity index (χ2n) is 2.98. The number of benzene rings is 1. The fourth-order valence-corrected chi connectivity index (χ4v) is 1.35. The van der Waals surface area contributed by atoms with Crippen LogP contribution in [0.15, 0.2) is 30.5 Å². The fraction of sp³-hybridized carbons (Fsp3) is 0.200. The Labute approximate surface area is 81.8 Å². The Morgan fingerprint density at radius 3 is 3.00 bits per heavy atom. The van der Waals surface area contributed by atoms with Crippen LogP contribution in [0.25, 0.3) is 16.7 Å². The maximum absolute atomic E-state index is 4.93. The first-order chi connectivity index (χ1) is 6.83. The van der Waals surface area contributed by atoms with E-state index < -0.39 is 0 Å². The summed E-state index contributed by atoms with van der Waals surface area (Å²) in [7, 11) is 1.61. The van der Waals surface area contributed by atoms with Crippen molar-refractivity contribution < 1.29 is 4.74 Å². The first-order valence-electron chi connectivity index (χ1n) is 4.33. The summed E-state index contributed by atoms with van der Waals surface area (Å²) in [4.78, 5) is 0. The number of hydrogen-bond acceptors (Lipinski definition) is 3. The minimum Gasteiger partial charge on any atom is -0.502 e. The summed E-state index contributed by atoms with van der Waals surface area (Å²) in [5, 5.41) is 8.07. The van der Waals surface area contributed by atoms with Crippen molar-refractivity contribution in [3.8, 4) is 0 Å². The maximum Gasteiger partial charge on any atom is 0.113 e. The van der Waals surface area contributed by atoms with Gasteiger partial charge in [-0.05, 0) is 19.1 Å². The molecule has 1 aromatic carbocycles. The molecule has 0 radical (unpaired) electrons. The van der Waals surface area contributed by atoms with Crippen molar-refractivity contribution in [3.63, 3.8) is 0 Å². The van der Waals surface area contributed by atoms with Gasteiger partial charge in [0.05, 0.1) is 18.3 Å². The number of allylic oxidation sites excluding steroid dienone is 1. The van der Waals surface area contributed by atoms with Gasteiger partial charge in [-0.3, -0.25) is 0 Å². The van der Waals surface area contributed by atoms with Crippen molar-refractivity contribution in [2.75, 3.05) is 7.11 Å². The van der Waals surface area contributed by atoms with Crippen LogP contribution >= 0.6 is 0 Å². The second kappa shape index (κ2) is 3.49. The van der Waals surface area contributed by atoms with Crippen molar-refractivity contribution >= 4 is 16.7 Å². The zero-order valence-corrected chi connectivity index (χ0v) is 8.14. The molecular formula is C10H11N3O. The molecular weight excluding hydrogens is 178 g/mol. The highest BCUT2D eigenvalue weighted by Crippen LogP contribution is 2.13. The van der Waals surface area contributed by atoms with Crippen LogP contribution in [-0.2, 0) is 4.74 Å². The Morgan fingerprint density at radius 1 is 1.43 bits per heavy atom. The van der Waals surface area contributed by atoms with E-state index in [9.17, 15) is 0 Å².